The molecule has 8 heteroatoms. The van der Waals surface area contributed by atoms with Crippen molar-refractivity contribution in [3.8, 4) is 22.4 Å². The first-order valence-electron chi connectivity index (χ1n) is 8.14. The second kappa shape index (κ2) is 8.05. The highest BCUT2D eigenvalue weighted by molar-refractivity contribution is 7.12. The average Bonchev–Trinajstić information content (AvgIpc) is 3.00. The predicted octanol–water partition coefficient (Wildman–Crippen LogP) is 2.37. The highest BCUT2D eigenvalue weighted by Gasteiger charge is 2.11. The normalized spacial score (nSPS) is 14.7. The van der Waals surface area contributed by atoms with Gasteiger partial charge in [0.25, 0.3) is 5.69 Å². The van der Waals surface area contributed by atoms with Crippen LogP contribution in [0, 0.1) is 22.0 Å². The van der Waals surface area contributed by atoms with Gasteiger partial charge >= 0.3 is 4.87 Å². The van der Waals surface area contributed by atoms with Crippen LogP contribution in [0.5, 0.6) is 0 Å². The van der Waals surface area contributed by atoms with Crippen LogP contribution >= 0.6 is 11.3 Å². The molecule has 130 valence electrons. The van der Waals surface area contributed by atoms with E-state index in [0.29, 0.717) is 10.6 Å². The van der Waals surface area contributed by atoms with E-state index in [9.17, 15) is 14.9 Å². The van der Waals surface area contributed by atoms with E-state index >= 15 is 0 Å². The predicted molar refractivity (Wildman–Crippen MR) is 96.5 cm³/mol. The van der Waals surface area contributed by atoms with E-state index in [-0.39, 0.29) is 17.1 Å². The molecule has 2 aromatic rings. The van der Waals surface area contributed by atoms with Gasteiger partial charge in [0.15, 0.2) is 0 Å². The molecule has 0 amide bonds. The molecule has 1 aliphatic rings. The van der Waals surface area contributed by atoms with Gasteiger partial charge in [0.05, 0.1) is 11.5 Å². The summed E-state index contributed by atoms with van der Waals surface area (Å²) in [6.07, 6.45) is 3.75. The molecule has 3 rings (SSSR count). The number of non-ortho nitro benzene ring substituents is 1. The zero-order chi connectivity index (χ0) is 17.6. The number of hydrogen-bond acceptors (Lipinski definition) is 6. The second-order valence-corrected chi connectivity index (χ2v) is 6.77. The molecule has 0 bridgehead atoms. The molecule has 1 aliphatic heterocycles. The summed E-state index contributed by atoms with van der Waals surface area (Å²) in [5, 5.41) is 15.5. The Bertz CT molecular complexity index is 854. The molecular formula is C17H18N4O3S. The smallest absolute Gasteiger partial charge is 0.292 e. The lowest BCUT2D eigenvalue weighted by Crippen LogP contribution is -2.29. The van der Waals surface area contributed by atoms with Gasteiger partial charge in [-0.15, -0.1) is 0 Å². The van der Waals surface area contributed by atoms with Gasteiger partial charge in [-0.2, -0.15) is 5.10 Å². The van der Waals surface area contributed by atoms with E-state index in [2.05, 4.69) is 21.8 Å². The summed E-state index contributed by atoms with van der Waals surface area (Å²) >= 11 is 1.02. The van der Waals surface area contributed by atoms with Crippen LogP contribution < -0.4 is 4.87 Å². The van der Waals surface area contributed by atoms with Gasteiger partial charge in [0.1, 0.15) is 11.6 Å². The molecule has 0 unspecified atom stereocenters. The Morgan fingerprint density at radius 1 is 1.12 bits per heavy atom. The van der Waals surface area contributed by atoms with Gasteiger partial charge in [-0.1, -0.05) is 29.6 Å². The number of benzene rings is 1. The van der Waals surface area contributed by atoms with Crippen LogP contribution in [0.3, 0.4) is 0 Å². The minimum atomic E-state index is -0.456. The van der Waals surface area contributed by atoms with Crippen LogP contribution in [0.2, 0.25) is 0 Å². The zero-order valence-electron chi connectivity index (χ0n) is 13.7. The molecule has 0 spiro atoms. The van der Waals surface area contributed by atoms with Crippen LogP contribution in [0.25, 0.3) is 10.6 Å². The van der Waals surface area contributed by atoms with Crippen molar-refractivity contribution in [1.29, 1.82) is 0 Å². The van der Waals surface area contributed by atoms with Gasteiger partial charge < -0.3 is 0 Å². The number of piperidine rings is 1. The minimum absolute atomic E-state index is 0.0131. The monoisotopic (exact) mass is 358 g/mol. The summed E-state index contributed by atoms with van der Waals surface area (Å²) in [6.45, 7) is 3.18. The highest BCUT2D eigenvalue weighted by atomic mass is 32.1. The Balaban J connectivity index is 1.64. The molecule has 2 heterocycles. The fourth-order valence-electron chi connectivity index (χ4n) is 2.66. The first-order valence-corrected chi connectivity index (χ1v) is 8.96. The summed E-state index contributed by atoms with van der Waals surface area (Å²) < 4.78 is 1.34. The van der Waals surface area contributed by atoms with E-state index < -0.39 is 4.92 Å². The molecular weight excluding hydrogens is 340 g/mol. The zero-order valence-corrected chi connectivity index (χ0v) is 14.5. The first-order chi connectivity index (χ1) is 12.1. The number of nitrogens with zero attached hydrogens (tertiary/aromatic N) is 4. The van der Waals surface area contributed by atoms with Crippen LogP contribution in [0.4, 0.5) is 5.69 Å². The maximum atomic E-state index is 12.0. The number of aromatic nitrogens is 2. The van der Waals surface area contributed by atoms with E-state index in [1.54, 1.807) is 12.1 Å². The molecule has 0 radical (unpaired) electrons. The van der Waals surface area contributed by atoms with Crippen molar-refractivity contribution in [2.45, 2.75) is 25.8 Å². The van der Waals surface area contributed by atoms with Gasteiger partial charge in [0, 0.05) is 17.7 Å². The van der Waals surface area contributed by atoms with Gasteiger partial charge in [-0.05, 0) is 38.1 Å². The van der Waals surface area contributed by atoms with E-state index in [0.717, 1.165) is 31.0 Å². The molecule has 1 aromatic carbocycles. The van der Waals surface area contributed by atoms with Gasteiger partial charge in [0.2, 0.25) is 0 Å². The van der Waals surface area contributed by atoms with Gasteiger partial charge in [-0.25, -0.2) is 4.68 Å². The largest absolute Gasteiger partial charge is 0.326 e. The SMILES string of the molecule is O=c1sc(-c2ccc([N+](=O)[O-])cc2)nn1CC#CCN1CCCCC1. The third-order valence-corrected chi connectivity index (χ3v) is 4.93. The molecule has 1 aromatic heterocycles. The maximum absolute atomic E-state index is 12.0. The number of likely N-dealkylation sites (tertiary alicyclic amines) is 1. The lowest BCUT2D eigenvalue weighted by Gasteiger charge is -2.23. The van der Waals surface area contributed by atoms with Crippen molar-refractivity contribution in [3.05, 3.63) is 44.0 Å². The standard InChI is InChI=1S/C17H18N4O3S/c22-17-20(13-5-4-12-19-10-2-1-3-11-19)18-16(25-17)14-6-8-15(9-7-14)21(23)24/h6-9H,1-3,10-13H2. The molecule has 1 saturated heterocycles. The number of nitro benzene ring substituents is 1. The van der Waals surface area contributed by atoms with Crippen molar-refractivity contribution in [1.82, 2.24) is 14.7 Å². The van der Waals surface area contributed by atoms with Gasteiger partial charge in [-0.3, -0.25) is 19.8 Å². The third-order valence-electron chi connectivity index (χ3n) is 4.04. The summed E-state index contributed by atoms with van der Waals surface area (Å²) in [4.78, 5) is 24.4. The Morgan fingerprint density at radius 3 is 2.48 bits per heavy atom. The fraction of sp³-hybridized carbons (Fsp3) is 0.412. The molecule has 25 heavy (non-hydrogen) atoms. The van der Waals surface area contributed by atoms with Crippen LogP contribution in [0.15, 0.2) is 29.1 Å². The molecule has 1 fully saturated rings. The van der Waals surface area contributed by atoms with Crippen LogP contribution in [0.1, 0.15) is 19.3 Å². The lowest BCUT2D eigenvalue weighted by atomic mass is 10.1. The Kier molecular flexibility index (Phi) is 5.58. The average molecular weight is 358 g/mol. The molecule has 0 atom stereocenters. The van der Waals surface area contributed by atoms with Crippen molar-refractivity contribution in [2.24, 2.45) is 0 Å². The molecule has 0 saturated carbocycles. The number of rotatable bonds is 4. The van der Waals surface area contributed by atoms with Crippen LogP contribution in [-0.4, -0.2) is 39.2 Å². The number of hydrogen-bond donors (Lipinski definition) is 0. The van der Waals surface area contributed by atoms with E-state index in [4.69, 9.17) is 0 Å². The molecule has 7 nitrogen and oxygen atoms in total. The molecule has 0 aliphatic carbocycles. The summed E-state index contributed by atoms with van der Waals surface area (Å²) in [5.74, 6) is 6.11. The van der Waals surface area contributed by atoms with Crippen molar-refractivity contribution >= 4 is 17.0 Å². The molecule has 0 N–H and O–H groups in total. The fourth-order valence-corrected chi connectivity index (χ4v) is 3.43. The Morgan fingerprint density at radius 2 is 1.80 bits per heavy atom. The van der Waals surface area contributed by atoms with Crippen molar-refractivity contribution in [3.63, 3.8) is 0 Å². The third kappa shape index (κ3) is 4.53. The summed E-state index contributed by atoms with van der Waals surface area (Å²) in [6, 6.07) is 6.01. The Hall–Kier alpha value is -2.50. The Labute approximate surface area is 149 Å². The minimum Gasteiger partial charge on any atom is -0.292 e. The maximum Gasteiger partial charge on any atom is 0.326 e. The number of nitro groups is 1. The van der Waals surface area contributed by atoms with E-state index in [1.807, 2.05) is 0 Å². The lowest BCUT2D eigenvalue weighted by molar-refractivity contribution is -0.384. The summed E-state index contributed by atoms with van der Waals surface area (Å²) in [5.41, 5.74) is 0.701. The second-order valence-electron chi connectivity index (χ2n) is 5.83. The van der Waals surface area contributed by atoms with Crippen molar-refractivity contribution in [2.75, 3.05) is 19.6 Å². The van der Waals surface area contributed by atoms with E-state index in [1.165, 1.54) is 36.1 Å². The first kappa shape index (κ1) is 17.3. The highest BCUT2D eigenvalue weighted by Crippen LogP contribution is 2.22. The quantitative estimate of drug-likeness (QED) is 0.476. The van der Waals surface area contributed by atoms with Crippen molar-refractivity contribution < 1.29 is 4.92 Å². The topological polar surface area (TPSA) is 81.3 Å². The summed E-state index contributed by atoms with van der Waals surface area (Å²) in [7, 11) is 0. The van der Waals surface area contributed by atoms with Crippen LogP contribution in [-0.2, 0) is 6.54 Å².